The second-order valence-corrected chi connectivity index (χ2v) is 5.35. The number of alkyl halides is 1. The molecule has 0 saturated carbocycles. The zero-order chi connectivity index (χ0) is 10.7. The number of aliphatic hydroxyl groups is 2. The standard InChI is InChI=1S/C9H9Br3O2/c10-4-8(13)9(14)5-1-6(11)3-7(12)2-5/h1-3,8-9,13-14H,4H2. The molecule has 14 heavy (non-hydrogen) atoms. The molecule has 0 aliphatic heterocycles. The van der Waals surface area contributed by atoms with Crippen LogP contribution in [0.2, 0.25) is 0 Å². The van der Waals surface area contributed by atoms with Gasteiger partial charge in [0.05, 0.1) is 6.10 Å². The fourth-order valence-electron chi connectivity index (χ4n) is 1.05. The Bertz CT molecular complexity index is 297. The predicted molar refractivity (Wildman–Crippen MR) is 66.6 cm³/mol. The van der Waals surface area contributed by atoms with Gasteiger partial charge in [-0.1, -0.05) is 47.8 Å². The molecule has 0 heterocycles. The van der Waals surface area contributed by atoms with Crippen LogP contribution in [0.1, 0.15) is 11.7 Å². The van der Waals surface area contributed by atoms with Gasteiger partial charge < -0.3 is 10.2 Å². The van der Waals surface area contributed by atoms with Gasteiger partial charge in [0.25, 0.3) is 0 Å². The van der Waals surface area contributed by atoms with E-state index in [-0.39, 0.29) is 0 Å². The van der Waals surface area contributed by atoms with Crippen molar-refractivity contribution >= 4 is 47.8 Å². The van der Waals surface area contributed by atoms with E-state index >= 15 is 0 Å². The molecule has 1 rings (SSSR count). The molecule has 2 nitrogen and oxygen atoms in total. The summed E-state index contributed by atoms with van der Waals surface area (Å²) in [5.41, 5.74) is 0.679. The maximum Gasteiger partial charge on any atom is 0.106 e. The smallest absolute Gasteiger partial charge is 0.106 e. The van der Waals surface area contributed by atoms with E-state index in [2.05, 4.69) is 47.8 Å². The predicted octanol–water partition coefficient (Wildman–Crippen LogP) is 3.00. The molecule has 0 bridgehead atoms. The molecule has 0 aliphatic carbocycles. The van der Waals surface area contributed by atoms with Gasteiger partial charge in [-0.05, 0) is 23.8 Å². The summed E-state index contributed by atoms with van der Waals surface area (Å²) in [6.45, 7) is 0. The van der Waals surface area contributed by atoms with Crippen LogP contribution in [0.25, 0.3) is 0 Å². The number of rotatable bonds is 3. The zero-order valence-electron chi connectivity index (χ0n) is 7.12. The maximum absolute atomic E-state index is 9.72. The molecule has 0 aromatic heterocycles. The lowest BCUT2D eigenvalue weighted by Gasteiger charge is -2.16. The van der Waals surface area contributed by atoms with Crippen molar-refractivity contribution in [1.82, 2.24) is 0 Å². The first-order chi connectivity index (χ1) is 6.54. The fourth-order valence-corrected chi connectivity index (χ4v) is 2.74. The Morgan fingerprint density at radius 1 is 1.07 bits per heavy atom. The maximum atomic E-state index is 9.72. The molecule has 2 N–H and O–H groups in total. The van der Waals surface area contributed by atoms with Crippen LogP contribution < -0.4 is 0 Å². The highest BCUT2D eigenvalue weighted by Gasteiger charge is 2.17. The zero-order valence-corrected chi connectivity index (χ0v) is 11.9. The van der Waals surface area contributed by atoms with Crippen LogP contribution in [0, 0.1) is 0 Å². The molecule has 2 atom stereocenters. The van der Waals surface area contributed by atoms with Crippen LogP contribution in [0.3, 0.4) is 0 Å². The monoisotopic (exact) mass is 386 g/mol. The van der Waals surface area contributed by atoms with E-state index < -0.39 is 12.2 Å². The van der Waals surface area contributed by atoms with Gasteiger partial charge in [0, 0.05) is 14.3 Å². The Balaban J connectivity index is 2.94. The Morgan fingerprint density at radius 2 is 1.57 bits per heavy atom. The number of halogens is 3. The van der Waals surface area contributed by atoms with Crippen molar-refractivity contribution in [2.24, 2.45) is 0 Å². The largest absolute Gasteiger partial charge is 0.389 e. The molecule has 0 spiro atoms. The van der Waals surface area contributed by atoms with Gasteiger partial charge in [0.15, 0.2) is 0 Å². The molecule has 1 aromatic carbocycles. The number of benzene rings is 1. The van der Waals surface area contributed by atoms with Crippen LogP contribution in [0.15, 0.2) is 27.1 Å². The summed E-state index contributed by atoms with van der Waals surface area (Å²) in [6, 6.07) is 5.43. The quantitative estimate of drug-likeness (QED) is 0.781. The van der Waals surface area contributed by atoms with Crippen molar-refractivity contribution in [3.63, 3.8) is 0 Å². The van der Waals surface area contributed by atoms with Crippen molar-refractivity contribution < 1.29 is 10.2 Å². The summed E-state index contributed by atoms with van der Waals surface area (Å²) in [5, 5.41) is 19.5. The first-order valence-corrected chi connectivity index (χ1v) is 6.63. The average molecular weight is 389 g/mol. The van der Waals surface area contributed by atoms with Crippen molar-refractivity contribution in [1.29, 1.82) is 0 Å². The highest BCUT2D eigenvalue weighted by Crippen LogP contribution is 2.26. The molecule has 0 radical (unpaired) electrons. The van der Waals surface area contributed by atoms with Crippen LogP contribution >= 0.6 is 47.8 Å². The van der Waals surface area contributed by atoms with Crippen molar-refractivity contribution in [3.8, 4) is 0 Å². The van der Waals surface area contributed by atoms with Gasteiger partial charge in [-0.3, -0.25) is 0 Å². The second kappa shape index (κ2) is 5.61. The Hall–Kier alpha value is 0.580. The van der Waals surface area contributed by atoms with Crippen molar-refractivity contribution in [2.75, 3.05) is 5.33 Å². The van der Waals surface area contributed by atoms with Gasteiger partial charge >= 0.3 is 0 Å². The lowest BCUT2D eigenvalue weighted by atomic mass is 10.1. The van der Waals surface area contributed by atoms with E-state index in [4.69, 9.17) is 0 Å². The summed E-state index contributed by atoms with van der Waals surface area (Å²) in [7, 11) is 0. The summed E-state index contributed by atoms with van der Waals surface area (Å²) in [4.78, 5) is 0. The van der Waals surface area contributed by atoms with Crippen LogP contribution in [-0.4, -0.2) is 21.6 Å². The Morgan fingerprint density at radius 3 is 2.00 bits per heavy atom. The van der Waals surface area contributed by atoms with Gasteiger partial charge in [0.2, 0.25) is 0 Å². The summed E-state index contributed by atoms with van der Waals surface area (Å²) in [5.74, 6) is 0. The molecule has 0 amide bonds. The molecular formula is C9H9Br3O2. The molecule has 0 aliphatic rings. The van der Waals surface area contributed by atoms with E-state index in [0.717, 1.165) is 8.95 Å². The van der Waals surface area contributed by atoms with E-state index in [0.29, 0.717) is 10.9 Å². The number of hydrogen-bond acceptors (Lipinski definition) is 2. The Kier molecular flexibility index (Phi) is 5.06. The lowest BCUT2D eigenvalue weighted by Crippen LogP contribution is -2.19. The third-order valence-corrected chi connectivity index (χ3v) is 3.33. The minimum atomic E-state index is -0.872. The lowest BCUT2D eigenvalue weighted by molar-refractivity contribution is 0.0342. The van der Waals surface area contributed by atoms with E-state index in [1.807, 2.05) is 6.07 Å². The number of aliphatic hydroxyl groups excluding tert-OH is 2. The molecule has 2 unspecified atom stereocenters. The van der Waals surface area contributed by atoms with Gasteiger partial charge in [0.1, 0.15) is 6.10 Å². The Labute approximate surface area is 108 Å². The first-order valence-electron chi connectivity index (χ1n) is 3.92. The minimum absolute atomic E-state index is 0.346. The summed E-state index contributed by atoms with van der Waals surface area (Å²) in [6.07, 6.45) is -1.67. The van der Waals surface area contributed by atoms with Gasteiger partial charge in [-0.2, -0.15) is 0 Å². The normalized spacial score (nSPS) is 15.2. The molecule has 78 valence electrons. The van der Waals surface area contributed by atoms with Crippen LogP contribution in [-0.2, 0) is 0 Å². The molecule has 1 aromatic rings. The topological polar surface area (TPSA) is 40.5 Å². The molecule has 0 fully saturated rings. The van der Waals surface area contributed by atoms with E-state index in [1.54, 1.807) is 12.1 Å². The third-order valence-electron chi connectivity index (χ3n) is 1.75. The van der Waals surface area contributed by atoms with Gasteiger partial charge in [-0.25, -0.2) is 0 Å². The second-order valence-electron chi connectivity index (χ2n) is 2.87. The summed E-state index contributed by atoms with van der Waals surface area (Å²) < 4.78 is 1.73. The third kappa shape index (κ3) is 3.31. The van der Waals surface area contributed by atoms with Crippen molar-refractivity contribution in [3.05, 3.63) is 32.7 Å². The SMILES string of the molecule is OC(CBr)C(O)c1cc(Br)cc(Br)c1. The molecule has 5 heteroatoms. The highest BCUT2D eigenvalue weighted by atomic mass is 79.9. The molecule has 0 saturated heterocycles. The van der Waals surface area contributed by atoms with Gasteiger partial charge in [-0.15, -0.1) is 0 Å². The first kappa shape index (κ1) is 12.6. The van der Waals surface area contributed by atoms with Crippen LogP contribution in [0.5, 0.6) is 0 Å². The van der Waals surface area contributed by atoms with E-state index in [1.165, 1.54) is 0 Å². The average Bonchev–Trinajstić information content (AvgIpc) is 2.14. The highest BCUT2D eigenvalue weighted by molar-refractivity contribution is 9.11. The fraction of sp³-hybridized carbons (Fsp3) is 0.333. The summed E-state index contributed by atoms with van der Waals surface area (Å²) >= 11 is 9.75. The van der Waals surface area contributed by atoms with Crippen molar-refractivity contribution in [2.45, 2.75) is 12.2 Å². The minimum Gasteiger partial charge on any atom is -0.389 e. The number of hydrogen-bond donors (Lipinski definition) is 2. The van der Waals surface area contributed by atoms with E-state index in [9.17, 15) is 10.2 Å². The molecular weight excluding hydrogens is 380 g/mol. The van der Waals surface area contributed by atoms with Crippen LogP contribution in [0.4, 0.5) is 0 Å².